The van der Waals surface area contributed by atoms with E-state index in [2.05, 4.69) is 53.5 Å². The van der Waals surface area contributed by atoms with E-state index in [1.54, 1.807) is 22.2 Å². The van der Waals surface area contributed by atoms with Crippen molar-refractivity contribution < 1.29 is 0 Å². The third-order valence-electron chi connectivity index (χ3n) is 5.88. The molecule has 8 nitrogen and oxygen atoms in total. The molecule has 1 aromatic carbocycles. The highest BCUT2D eigenvalue weighted by Crippen LogP contribution is 2.31. The molecule has 0 amide bonds. The molecule has 0 fully saturated rings. The fourth-order valence-electron chi connectivity index (χ4n) is 4.10. The highest BCUT2D eigenvalue weighted by Gasteiger charge is 2.24. The normalized spacial score (nSPS) is 14.1. The fraction of sp³-hybridized carbons (Fsp3) is 0.417. The smallest absolute Gasteiger partial charge is 0.278 e. The predicted molar refractivity (Wildman–Crippen MR) is 133 cm³/mol. The van der Waals surface area contributed by atoms with Gasteiger partial charge in [-0.2, -0.15) is 4.98 Å². The maximum Gasteiger partial charge on any atom is 0.278 e. The van der Waals surface area contributed by atoms with Crippen molar-refractivity contribution in [1.82, 2.24) is 29.6 Å². The molecular formula is C24H29N7OS. The molecule has 2 N–H and O–H groups in total. The molecule has 0 aliphatic carbocycles. The van der Waals surface area contributed by atoms with Crippen LogP contribution in [0.2, 0.25) is 0 Å². The van der Waals surface area contributed by atoms with Crippen molar-refractivity contribution in [2.24, 2.45) is 0 Å². The van der Waals surface area contributed by atoms with E-state index in [4.69, 9.17) is 4.98 Å². The van der Waals surface area contributed by atoms with E-state index in [0.29, 0.717) is 17.0 Å². The Balaban J connectivity index is 1.61. The number of aromatic nitrogens is 5. The van der Waals surface area contributed by atoms with Gasteiger partial charge in [0.25, 0.3) is 5.56 Å². The lowest BCUT2D eigenvalue weighted by Crippen LogP contribution is -2.24. The summed E-state index contributed by atoms with van der Waals surface area (Å²) in [5.41, 5.74) is 4.02. The number of nitrogens with one attached hydrogen (secondary N) is 2. The monoisotopic (exact) mass is 463 g/mol. The van der Waals surface area contributed by atoms with E-state index in [1.807, 2.05) is 30.8 Å². The molecule has 4 heterocycles. The molecule has 0 bridgehead atoms. The van der Waals surface area contributed by atoms with Crippen LogP contribution in [0.1, 0.15) is 56.7 Å². The molecular weight excluding hydrogens is 434 g/mol. The third-order valence-corrected chi connectivity index (χ3v) is 7.27. The van der Waals surface area contributed by atoms with Gasteiger partial charge in [0.05, 0.1) is 0 Å². The zero-order valence-electron chi connectivity index (χ0n) is 19.6. The minimum atomic E-state index is -0.111. The second-order valence-corrected chi connectivity index (χ2v) is 10.8. The Morgan fingerprint density at radius 2 is 1.97 bits per heavy atom. The van der Waals surface area contributed by atoms with Crippen LogP contribution in [0.25, 0.3) is 16.2 Å². The fourth-order valence-corrected chi connectivity index (χ4v) is 5.08. The van der Waals surface area contributed by atoms with Crippen molar-refractivity contribution in [1.29, 1.82) is 0 Å². The maximum atomic E-state index is 13.2. The van der Waals surface area contributed by atoms with E-state index in [9.17, 15) is 4.79 Å². The average Bonchev–Trinajstić information content (AvgIpc) is 3.37. The van der Waals surface area contributed by atoms with Crippen LogP contribution in [-0.2, 0) is 18.4 Å². The Bertz CT molecular complexity index is 1390. The first-order chi connectivity index (χ1) is 15.7. The summed E-state index contributed by atoms with van der Waals surface area (Å²) < 4.78 is 3.55. The van der Waals surface area contributed by atoms with Crippen LogP contribution in [0.15, 0.2) is 35.4 Å². The number of hydrogen-bond donors (Lipinski definition) is 2. The summed E-state index contributed by atoms with van der Waals surface area (Å²) in [5, 5.41) is 7.94. The lowest BCUT2D eigenvalue weighted by molar-refractivity contribution is 0.475. The van der Waals surface area contributed by atoms with Gasteiger partial charge in [0.1, 0.15) is 5.39 Å². The van der Waals surface area contributed by atoms with E-state index in [1.165, 1.54) is 11.1 Å². The first-order valence-electron chi connectivity index (χ1n) is 11.3. The largest absolute Gasteiger partial charge is 0.324 e. The second-order valence-electron chi connectivity index (χ2n) is 9.78. The number of hydrogen-bond acceptors (Lipinski definition) is 7. The topological polar surface area (TPSA) is 89.7 Å². The summed E-state index contributed by atoms with van der Waals surface area (Å²) in [7, 11) is 0. The van der Waals surface area contributed by atoms with Gasteiger partial charge in [-0.15, -0.1) is 0 Å². The van der Waals surface area contributed by atoms with Crippen molar-refractivity contribution in [3.63, 3.8) is 0 Å². The van der Waals surface area contributed by atoms with Gasteiger partial charge >= 0.3 is 0 Å². The molecule has 1 aliphatic heterocycles. The lowest BCUT2D eigenvalue weighted by Gasteiger charge is -2.18. The number of fused-ring (bicyclic) bond motifs is 2. The molecule has 9 heteroatoms. The first kappa shape index (κ1) is 21.8. The molecule has 0 spiro atoms. The van der Waals surface area contributed by atoms with Gasteiger partial charge in [0, 0.05) is 35.5 Å². The minimum absolute atomic E-state index is 0.0223. The molecule has 3 aromatic heterocycles. The van der Waals surface area contributed by atoms with Crippen molar-refractivity contribution >= 4 is 34.0 Å². The Hall–Kier alpha value is -3.04. The molecule has 0 atom stereocenters. The highest BCUT2D eigenvalue weighted by atomic mass is 32.1. The van der Waals surface area contributed by atoms with E-state index in [0.717, 1.165) is 35.2 Å². The Morgan fingerprint density at radius 1 is 1.15 bits per heavy atom. The van der Waals surface area contributed by atoms with Crippen LogP contribution in [-0.4, -0.2) is 30.9 Å². The molecule has 5 rings (SSSR count). The van der Waals surface area contributed by atoms with Crippen LogP contribution >= 0.6 is 11.3 Å². The molecule has 0 radical (unpaired) electrons. The van der Waals surface area contributed by atoms with Crippen LogP contribution in [0.5, 0.6) is 0 Å². The van der Waals surface area contributed by atoms with Gasteiger partial charge in [-0.05, 0) is 55.5 Å². The number of thiazole rings is 1. The van der Waals surface area contributed by atoms with Crippen molar-refractivity contribution in [2.75, 3.05) is 11.9 Å². The first-order valence-corrected chi connectivity index (χ1v) is 12.1. The summed E-state index contributed by atoms with van der Waals surface area (Å²) in [6.45, 7) is 12.3. The molecule has 0 saturated carbocycles. The van der Waals surface area contributed by atoms with Crippen molar-refractivity contribution in [3.8, 4) is 5.13 Å². The summed E-state index contributed by atoms with van der Waals surface area (Å²) in [4.78, 5) is 28.2. The van der Waals surface area contributed by atoms with Gasteiger partial charge in [0.15, 0.2) is 5.65 Å². The maximum absolute atomic E-state index is 13.2. The SMILES string of the molecule is CC(C)n1c(=O)c2cnc(Nc3ccc4c(c3)CCNC4)nc2n1-c1ncc(C(C)(C)C)s1. The van der Waals surface area contributed by atoms with Crippen LogP contribution in [0, 0.1) is 0 Å². The van der Waals surface area contributed by atoms with E-state index < -0.39 is 0 Å². The van der Waals surface area contributed by atoms with Crippen LogP contribution < -0.4 is 16.2 Å². The lowest BCUT2D eigenvalue weighted by atomic mass is 9.96. The average molecular weight is 464 g/mol. The molecule has 0 saturated heterocycles. The number of rotatable bonds is 4. The standard InChI is InChI=1S/C24H29N7OS/c1-14(2)30-21(32)18-12-26-22(28-17-7-6-16-11-25-9-8-15(16)10-17)29-20(18)31(30)23-27-13-19(33-23)24(3,4)5/h6-7,10,12-14,25H,8-9,11H2,1-5H3,(H,26,28,29). The number of anilines is 2. The van der Waals surface area contributed by atoms with Crippen molar-refractivity contribution in [2.45, 2.75) is 59.0 Å². The van der Waals surface area contributed by atoms with Crippen LogP contribution in [0.4, 0.5) is 11.6 Å². The molecule has 172 valence electrons. The van der Waals surface area contributed by atoms with Gasteiger partial charge < -0.3 is 10.6 Å². The third kappa shape index (κ3) is 3.95. The summed E-state index contributed by atoms with van der Waals surface area (Å²) in [6.07, 6.45) is 4.51. The van der Waals surface area contributed by atoms with Gasteiger partial charge in [-0.25, -0.2) is 19.3 Å². The van der Waals surface area contributed by atoms with Gasteiger partial charge in [-0.3, -0.25) is 4.79 Å². The minimum Gasteiger partial charge on any atom is -0.324 e. The molecule has 4 aromatic rings. The van der Waals surface area contributed by atoms with Crippen molar-refractivity contribution in [3.05, 3.63) is 57.0 Å². The Morgan fingerprint density at radius 3 is 2.70 bits per heavy atom. The van der Waals surface area contributed by atoms with Gasteiger partial charge in [0.2, 0.25) is 11.1 Å². The quantitative estimate of drug-likeness (QED) is 0.469. The summed E-state index contributed by atoms with van der Waals surface area (Å²) in [5.74, 6) is 0.457. The number of benzene rings is 1. The predicted octanol–water partition coefficient (Wildman–Crippen LogP) is 4.31. The Labute approximate surface area is 196 Å². The number of nitrogens with zero attached hydrogens (tertiary/aromatic N) is 5. The Kier molecular flexibility index (Phi) is 5.33. The van der Waals surface area contributed by atoms with E-state index >= 15 is 0 Å². The molecule has 33 heavy (non-hydrogen) atoms. The second kappa shape index (κ2) is 8.07. The van der Waals surface area contributed by atoms with Gasteiger partial charge in [-0.1, -0.05) is 38.2 Å². The summed E-state index contributed by atoms with van der Waals surface area (Å²) in [6, 6.07) is 6.28. The van der Waals surface area contributed by atoms with E-state index in [-0.39, 0.29) is 17.0 Å². The zero-order chi connectivity index (χ0) is 23.3. The van der Waals surface area contributed by atoms with Crippen LogP contribution in [0.3, 0.4) is 0 Å². The summed E-state index contributed by atoms with van der Waals surface area (Å²) >= 11 is 1.58. The zero-order valence-corrected chi connectivity index (χ0v) is 20.5. The molecule has 0 unspecified atom stereocenters. The molecule has 1 aliphatic rings. The highest BCUT2D eigenvalue weighted by molar-refractivity contribution is 7.14.